The molecule has 0 aromatic heterocycles. The quantitative estimate of drug-likeness (QED) is 0.310. The first-order valence-corrected chi connectivity index (χ1v) is 20.1. The van der Waals surface area contributed by atoms with Crippen LogP contribution in [0.3, 0.4) is 0 Å². The van der Waals surface area contributed by atoms with Crippen molar-refractivity contribution < 1.29 is 20.4 Å². The van der Waals surface area contributed by atoms with Crippen LogP contribution in [-0.4, -0.2) is 0 Å². The van der Waals surface area contributed by atoms with Crippen molar-refractivity contribution >= 4 is 78.8 Å². The molecule has 0 nitrogen and oxygen atoms in total. The number of hydrogen-bond donors (Lipinski definition) is 0. The van der Waals surface area contributed by atoms with Crippen LogP contribution in [0.15, 0.2) is 60.7 Å². The van der Waals surface area contributed by atoms with E-state index < -0.39 is 20.4 Å². The Morgan fingerprint density at radius 2 is 0.750 bits per heavy atom. The van der Waals surface area contributed by atoms with Gasteiger partial charge in [-0.05, 0) is 0 Å². The second kappa shape index (κ2) is 13.6. The largest absolute Gasteiger partial charge is 0.214 e. The molecule has 20 heavy (non-hydrogen) atoms. The standard InChI is InChI=1S/2C5H5.8ClH.2V/c2*1-2-4-5-3-1;;;;;;;;;;/h2*1-5H;8*1H;;/q2*-1;;;;;;;;;+3;+5/p-8. The summed E-state index contributed by atoms with van der Waals surface area (Å²) >= 11 is -1.77. The van der Waals surface area contributed by atoms with Crippen molar-refractivity contribution in [1.29, 1.82) is 0 Å². The maximum atomic E-state index is 5.03. The fourth-order valence-electron chi connectivity index (χ4n) is 0.642. The summed E-state index contributed by atoms with van der Waals surface area (Å²) in [6.45, 7) is 0. The number of halogens is 8. The van der Waals surface area contributed by atoms with E-state index in [4.69, 9.17) is 78.8 Å². The van der Waals surface area contributed by atoms with Crippen molar-refractivity contribution in [2.75, 3.05) is 0 Å². The van der Waals surface area contributed by atoms with Crippen LogP contribution in [0.1, 0.15) is 0 Å². The topological polar surface area (TPSA) is 0 Å². The van der Waals surface area contributed by atoms with Crippen molar-refractivity contribution in [2.24, 2.45) is 0 Å². The van der Waals surface area contributed by atoms with Crippen molar-refractivity contribution in [3.8, 4) is 0 Å². The van der Waals surface area contributed by atoms with E-state index in [9.17, 15) is 0 Å². The van der Waals surface area contributed by atoms with Crippen molar-refractivity contribution in [1.82, 2.24) is 0 Å². The Balaban J connectivity index is 0. The summed E-state index contributed by atoms with van der Waals surface area (Å²) in [7, 11) is 35.9. The molecule has 2 rings (SSSR count). The van der Waals surface area contributed by atoms with E-state index >= 15 is 0 Å². The molecule has 0 saturated carbocycles. The van der Waals surface area contributed by atoms with Crippen LogP contribution in [0.5, 0.6) is 0 Å². The number of rotatable bonds is 0. The average molecular weight is 516 g/mol. The van der Waals surface area contributed by atoms with Crippen LogP contribution in [0.25, 0.3) is 0 Å². The van der Waals surface area contributed by atoms with Gasteiger partial charge in [-0.3, -0.25) is 0 Å². The molecule has 0 unspecified atom stereocenters. The molecule has 2 aromatic carbocycles. The van der Waals surface area contributed by atoms with Crippen LogP contribution >= 0.6 is 78.8 Å². The smallest absolute Gasteiger partial charge is 0.172 e. The first-order valence-electron chi connectivity index (χ1n) is 4.69. The fourth-order valence-corrected chi connectivity index (χ4v) is 0.642. The Labute approximate surface area is 158 Å². The fraction of sp³-hybridized carbons (Fsp3) is 0. The van der Waals surface area contributed by atoms with Crippen molar-refractivity contribution in [2.45, 2.75) is 0 Å². The van der Waals surface area contributed by atoms with Crippen LogP contribution in [0.4, 0.5) is 0 Å². The summed E-state index contributed by atoms with van der Waals surface area (Å²) in [6, 6.07) is 20.0. The third-order valence-corrected chi connectivity index (χ3v) is 1.11. The summed E-state index contributed by atoms with van der Waals surface area (Å²) in [6.07, 6.45) is 0. The van der Waals surface area contributed by atoms with Gasteiger partial charge < -0.3 is 0 Å². The SMILES string of the molecule is [Cl][V]([Cl])([Cl])([Cl])[Cl].[Cl][V]([Cl])[Cl].c1cc[cH-]c1.c1cc[cH-]c1. The molecule has 0 aliphatic heterocycles. The van der Waals surface area contributed by atoms with Crippen molar-refractivity contribution in [3.05, 3.63) is 60.7 Å². The molecule has 0 bridgehead atoms. The molecule has 0 aliphatic carbocycles. The average Bonchev–Trinajstić information content (AvgIpc) is 2.93. The molecule has 0 radical (unpaired) electrons. The van der Waals surface area contributed by atoms with Gasteiger partial charge in [0.05, 0.1) is 0 Å². The molecule has 0 heterocycles. The second-order valence-electron chi connectivity index (χ2n) is 2.76. The Kier molecular flexibility index (Phi) is 16.6. The predicted molar refractivity (Wildman–Crippen MR) is 90.9 cm³/mol. The van der Waals surface area contributed by atoms with Gasteiger partial charge in [0, 0.05) is 0 Å². The molecule has 0 spiro atoms. The van der Waals surface area contributed by atoms with E-state index in [1.54, 1.807) is 0 Å². The third kappa shape index (κ3) is 50.0. The van der Waals surface area contributed by atoms with E-state index in [1.807, 2.05) is 60.7 Å². The normalized spacial score (nSPS) is 11.6. The summed E-state index contributed by atoms with van der Waals surface area (Å²) in [5, 5.41) is 0. The minimum atomic E-state index is -4.13. The summed E-state index contributed by atoms with van der Waals surface area (Å²) in [5.41, 5.74) is 0. The van der Waals surface area contributed by atoms with Gasteiger partial charge in [-0.25, -0.2) is 24.3 Å². The van der Waals surface area contributed by atoms with Gasteiger partial charge in [-0.2, -0.15) is 36.4 Å². The van der Waals surface area contributed by atoms with Crippen LogP contribution < -0.4 is 0 Å². The van der Waals surface area contributed by atoms with E-state index in [2.05, 4.69) is 0 Å². The molecular formula is C10H10Cl8V2-2. The molecule has 0 aliphatic rings. The Hall–Kier alpha value is 2.19. The van der Waals surface area contributed by atoms with Gasteiger partial charge in [-0.1, -0.05) is 0 Å². The van der Waals surface area contributed by atoms with Gasteiger partial charge >= 0.3 is 99.2 Å². The van der Waals surface area contributed by atoms with Gasteiger partial charge in [0.15, 0.2) is 0 Å². The summed E-state index contributed by atoms with van der Waals surface area (Å²) in [4.78, 5) is 0. The molecule has 10 heteroatoms. The zero-order valence-electron chi connectivity index (χ0n) is 9.69. The van der Waals surface area contributed by atoms with Crippen LogP contribution in [-0.2, 0) is 20.4 Å². The minimum Gasteiger partial charge on any atom is -0.214 e. The molecule has 118 valence electrons. The molecule has 0 amide bonds. The number of hydrogen-bond acceptors (Lipinski definition) is 0. The Bertz CT molecular complexity index is 297. The van der Waals surface area contributed by atoms with Gasteiger partial charge in [0.2, 0.25) is 0 Å². The van der Waals surface area contributed by atoms with E-state index in [0.29, 0.717) is 0 Å². The Morgan fingerprint density at radius 3 is 0.800 bits per heavy atom. The van der Waals surface area contributed by atoms with Gasteiger partial charge in [-0.15, -0.1) is 0 Å². The molecular weight excluding hydrogens is 506 g/mol. The van der Waals surface area contributed by atoms with E-state index in [0.717, 1.165) is 0 Å². The third-order valence-electron chi connectivity index (χ3n) is 1.11. The van der Waals surface area contributed by atoms with Crippen LogP contribution in [0.2, 0.25) is 0 Å². The first-order chi connectivity index (χ1) is 8.97. The van der Waals surface area contributed by atoms with E-state index in [-0.39, 0.29) is 0 Å². The summed E-state index contributed by atoms with van der Waals surface area (Å²) < 4.78 is 0. The Morgan fingerprint density at radius 1 is 0.600 bits per heavy atom. The first kappa shape index (κ1) is 24.4. The maximum Gasteiger partial charge on any atom is -0.172 e. The minimum absolute atomic E-state index is 1.77. The second-order valence-corrected chi connectivity index (χ2v) is 32.7. The monoisotopic (exact) mass is 512 g/mol. The molecule has 0 saturated heterocycles. The maximum absolute atomic E-state index is 5.03. The van der Waals surface area contributed by atoms with Crippen LogP contribution in [0, 0.1) is 0 Å². The van der Waals surface area contributed by atoms with Crippen molar-refractivity contribution in [3.63, 3.8) is 0 Å². The van der Waals surface area contributed by atoms with Gasteiger partial charge in [0.25, 0.3) is 0 Å². The predicted octanol–water partition coefficient (Wildman–Crippen LogP) is 8.32. The molecule has 0 atom stereocenters. The van der Waals surface area contributed by atoms with E-state index in [1.165, 1.54) is 0 Å². The zero-order valence-corrected chi connectivity index (χ0v) is 18.5. The molecule has 0 fully saturated rings. The zero-order chi connectivity index (χ0) is 16.1. The molecule has 2 aromatic rings. The van der Waals surface area contributed by atoms with Gasteiger partial charge in [0.1, 0.15) is 0 Å². The summed E-state index contributed by atoms with van der Waals surface area (Å²) in [5.74, 6) is 0. The molecule has 0 N–H and O–H groups in total.